The van der Waals surface area contributed by atoms with Gasteiger partial charge in [0.15, 0.2) is 0 Å². The van der Waals surface area contributed by atoms with Crippen molar-refractivity contribution in [1.82, 2.24) is 0 Å². The van der Waals surface area contributed by atoms with Crippen molar-refractivity contribution >= 4 is 11.7 Å². The number of hydrogen-bond acceptors (Lipinski definition) is 4. The molecular formula is C13H18FNO3. The standard InChI is InChI=1S/C13H18FNO3/c1-2-3-6-17-7-8-18-13(16)10-4-5-12(15)11(14)9-10/h4-5,9H,2-3,6-8,15H2,1H3. The molecule has 0 spiro atoms. The second-order valence-corrected chi connectivity index (χ2v) is 3.84. The van der Waals surface area contributed by atoms with Crippen molar-refractivity contribution in [1.29, 1.82) is 0 Å². The van der Waals surface area contributed by atoms with Crippen molar-refractivity contribution in [2.24, 2.45) is 0 Å². The molecule has 4 nitrogen and oxygen atoms in total. The fourth-order valence-corrected chi connectivity index (χ4v) is 1.28. The summed E-state index contributed by atoms with van der Waals surface area (Å²) >= 11 is 0. The lowest BCUT2D eigenvalue weighted by Crippen LogP contribution is -2.11. The number of rotatable bonds is 7. The number of nitrogens with two attached hydrogens (primary N) is 1. The first-order valence-corrected chi connectivity index (χ1v) is 5.95. The number of ether oxygens (including phenoxy) is 2. The fourth-order valence-electron chi connectivity index (χ4n) is 1.28. The van der Waals surface area contributed by atoms with Crippen molar-refractivity contribution in [3.8, 4) is 0 Å². The zero-order valence-electron chi connectivity index (χ0n) is 10.4. The van der Waals surface area contributed by atoms with Crippen LogP contribution >= 0.6 is 0 Å². The van der Waals surface area contributed by atoms with Crippen LogP contribution in [-0.4, -0.2) is 25.8 Å². The SMILES string of the molecule is CCCCOCCOC(=O)c1ccc(N)c(F)c1. The van der Waals surface area contributed by atoms with Gasteiger partial charge in [-0.2, -0.15) is 0 Å². The summed E-state index contributed by atoms with van der Waals surface area (Å²) in [6, 6.07) is 3.83. The third kappa shape index (κ3) is 4.71. The third-order valence-corrected chi connectivity index (χ3v) is 2.34. The minimum atomic E-state index is -0.622. The molecular weight excluding hydrogens is 237 g/mol. The number of hydrogen-bond donors (Lipinski definition) is 1. The lowest BCUT2D eigenvalue weighted by atomic mass is 10.2. The Kier molecular flexibility index (Phi) is 6.14. The van der Waals surface area contributed by atoms with Gasteiger partial charge >= 0.3 is 5.97 Å². The van der Waals surface area contributed by atoms with E-state index in [1.165, 1.54) is 12.1 Å². The molecule has 0 atom stereocenters. The highest BCUT2D eigenvalue weighted by Gasteiger charge is 2.09. The van der Waals surface area contributed by atoms with Gasteiger partial charge in [-0.25, -0.2) is 9.18 Å². The van der Waals surface area contributed by atoms with E-state index in [1.807, 2.05) is 0 Å². The van der Waals surface area contributed by atoms with Crippen LogP contribution in [-0.2, 0) is 9.47 Å². The summed E-state index contributed by atoms with van der Waals surface area (Å²) in [7, 11) is 0. The molecule has 0 aliphatic rings. The van der Waals surface area contributed by atoms with Gasteiger partial charge in [-0.1, -0.05) is 13.3 Å². The molecule has 2 N–H and O–H groups in total. The molecule has 0 aliphatic carbocycles. The number of halogens is 1. The average Bonchev–Trinajstić information content (AvgIpc) is 2.36. The number of anilines is 1. The Morgan fingerprint density at radius 1 is 1.33 bits per heavy atom. The summed E-state index contributed by atoms with van der Waals surface area (Å²) in [6.07, 6.45) is 2.04. The molecule has 0 aliphatic heterocycles. The van der Waals surface area contributed by atoms with Gasteiger partial charge in [-0.3, -0.25) is 0 Å². The first-order chi connectivity index (χ1) is 8.65. The maximum absolute atomic E-state index is 13.1. The minimum Gasteiger partial charge on any atom is -0.460 e. The number of unbranched alkanes of at least 4 members (excludes halogenated alkanes) is 1. The van der Waals surface area contributed by atoms with Crippen LogP contribution in [0.3, 0.4) is 0 Å². The number of benzene rings is 1. The predicted molar refractivity (Wildman–Crippen MR) is 66.8 cm³/mol. The van der Waals surface area contributed by atoms with Crippen molar-refractivity contribution in [3.05, 3.63) is 29.6 Å². The maximum atomic E-state index is 13.1. The van der Waals surface area contributed by atoms with Crippen molar-refractivity contribution in [3.63, 3.8) is 0 Å². The van der Waals surface area contributed by atoms with Crippen LogP contribution in [0.5, 0.6) is 0 Å². The van der Waals surface area contributed by atoms with Gasteiger partial charge < -0.3 is 15.2 Å². The third-order valence-electron chi connectivity index (χ3n) is 2.34. The summed E-state index contributed by atoms with van der Waals surface area (Å²) in [6.45, 7) is 3.24. The highest BCUT2D eigenvalue weighted by molar-refractivity contribution is 5.89. The fraction of sp³-hybridized carbons (Fsp3) is 0.462. The molecule has 0 heterocycles. The molecule has 5 heteroatoms. The monoisotopic (exact) mass is 255 g/mol. The van der Waals surface area contributed by atoms with E-state index in [-0.39, 0.29) is 17.9 Å². The van der Waals surface area contributed by atoms with Gasteiger partial charge in [-0.15, -0.1) is 0 Å². The first kappa shape index (κ1) is 14.4. The Bertz CT molecular complexity index is 396. The van der Waals surface area contributed by atoms with Crippen LogP contribution in [0, 0.1) is 5.82 Å². The summed E-state index contributed by atoms with van der Waals surface area (Å²) in [5.74, 6) is -1.20. The molecule has 1 aromatic rings. The van der Waals surface area contributed by atoms with Gasteiger partial charge in [0.05, 0.1) is 17.9 Å². The van der Waals surface area contributed by atoms with Crippen LogP contribution in [0.15, 0.2) is 18.2 Å². The van der Waals surface area contributed by atoms with E-state index in [9.17, 15) is 9.18 Å². The van der Waals surface area contributed by atoms with Crippen LogP contribution in [0.2, 0.25) is 0 Å². The molecule has 100 valence electrons. The Morgan fingerprint density at radius 2 is 2.11 bits per heavy atom. The summed E-state index contributed by atoms with van der Waals surface area (Å²) in [4.78, 5) is 11.5. The Balaban J connectivity index is 2.30. The summed E-state index contributed by atoms with van der Waals surface area (Å²) < 4.78 is 23.3. The smallest absolute Gasteiger partial charge is 0.338 e. The van der Waals surface area contributed by atoms with Crippen LogP contribution < -0.4 is 5.73 Å². The van der Waals surface area contributed by atoms with Gasteiger partial charge in [0.25, 0.3) is 0 Å². The Labute approximate surface area is 106 Å². The second-order valence-electron chi connectivity index (χ2n) is 3.84. The molecule has 1 aromatic carbocycles. The van der Waals surface area contributed by atoms with E-state index in [1.54, 1.807) is 0 Å². The largest absolute Gasteiger partial charge is 0.460 e. The normalized spacial score (nSPS) is 10.3. The molecule has 0 saturated heterocycles. The lowest BCUT2D eigenvalue weighted by Gasteiger charge is -2.06. The number of carbonyl (C=O) groups is 1. The Morgan fingerprint density at radius 3 is 2.78 bits per heavy atom. The number of nitrogen functional groups attached to an aromatic ring is 1. The van der Waals surface area contributed by atoms with E-state index >= 15 is 0 Å². The molecule has 0 bridgehead atoms. The lowest BCUT2D eigenvalue weighted by molar-refractivity contribution is 0.0313. The van der Waals surface area contributed by atoms with E-state index in [0.717, 1.165) is 18.9 Å². The quantitative estimate of drug-likeness (QED) is 0.461. The van der Waals surface area contributed by atoms with Gasteiger partial charge in [0.2, 0.25) is 0 Å². The molecule has 1 rings (SSSR count). The van der Waals surface area contributed by atoms with Gasteiger partial charge in [-0.05, 0) is 24.6 Å². The number of carbonyl (C=O) groups excluding carboxylic acids is 1. The highest BCUT2D eigenvalue weighted by Crippen LogP contribution is 2.12. The zero-order chi connectivity index (χ0) is 13.4. The first-order valence-electron chi connectivity index (χ1n) is 5.95. The second kappa shape index (κ2) is 7.66. The minimum absolute atomic E-state index is 0.00875. The molecule has 0 fully saturated rings. The van der Waals surface area contributed by atoms with Crippen LogP contribution in [0.25, 0.3) is 0 Å². The van der Waals surface area contributed by atoms with Crippen LogP contribution in [0.4, 0.5) is 10.1 Å². The van der Waals surface area contributed by atoms with Crippen molar-refractivity contribution in [2.45, 2.75) is 19.8 Å². The van der Waals surface area contributed by atoms with E-state index in [2.05, 4.69) is 6.92 Å². The van der Waals surface area contributed by atoms with Gasteiger partial charge in [0.1, 0.15) is 12.4 Å². The predicted octanol–water partition coefficient (Wildman–Crippen LogP) is 2.38. The van der Waals surface area contributed by atoms with Crippen molar-refractivity contribution in [2.75, 3.05) is 25.6 Å². The van der Waals surface area contributed by atoms with E-state index < -0.39 is 11.8 Å². The summed E-state index contributed by atoms with van der Waals surface area (Å²) in [5, 5.41) is 0. The molecule has 0 saturated carbocycles. The topological polar surface area (TPSA) is 61.5 Å². The molecule has 0 aromatic heterocycles. The highest BCUT2D eigenvalue weighted by atomic mass is 19.1. The zero-order valence-corrected chi connectivity index (χ0v) is 10.4. The Hall–Kier alpha value is -1.62. The maximum Gasteiger partial charge on any atom is 0.338 e. The van der Waals surface area contributed by atoms with Crippen LogP contribution in [0.1, 0.15) is 30.1 Å². The van der Waals surface area contributed by atoms with E-state index in [4.69, 9.17) is 15.2 Å². The average molecular weight is 255 g/mol. The van der Waals surface area contributed by atoms with Gasteiger partial charge in [0, 0.05) is 6.61 Å². The molecule has 0 unspecified atom stereocenters. The molecule has 0 amide bonds. The van der Waals surface area contributed by atoms with E-state index in [0.29, 0.717) is 13.2 Å². The number of esters is 1. The molecule has 18 heavy (non-hydrogen) atoms. The van der Waals surface area contributed by atoms with Crippen molar-refractivity contribution < 1.29 is 18.7 Å². The summed E-state index contributed by atoms with van der Waals surface area (Å²) in [5.41, 5.74) is 5.47. The molecule has 0 radical (unpaired) electrons.